The van der Waals surface area contributed by atoms with Crippen LogP contribution in [0.5, 0.6) is 0 Å². The van der Waals surface area contributed by atoms with Gasteiger partial charge in [0.15, 0.2) is 0 Å². The van der Waals surface area contributed by atoms with E-state index in [9.17, 15) is 0 Å². The predicted octanol–water partition coefficient (Wildman–Crippen LogP) is 2.65. The highest BCUT2D eigenvalue weighted by Gasteiger charge is 2.17. The van der Waals surface area contributed by atoms with Gasteiger partial charge in [0.05, 0.1) is 6.04 Å². The molecule has 0 aliphatic heterocycles. The summed E-state index contributed by atoms with van der Waals surface area (Å²) in [7, 11) is 0. The predicted molar refractivity (Wildman–Crippen MR) is 75.2 cm³/mol. The van der Waals surface area contributed by atoms with Crippen LogP contribution < -0.4 is 5.73 Å². The monoisotopic (exact) mass is 328 g/mol. The number of halogens is 1. The molecule has 2 N–H and O–H groups in total. The molecule has 0 saturated carbocycles. The Hall–Kier alpha value is -0.920. The SMILES string of the molecule is CSCC[C@H](N)c1nc(-c2ncccc2Br)no1. The molecular formula is C11H13BrN4OS. The van der Waals surface area contributed by atoms with Crippen molar-refractivity contribution in [3.63, 3.8) is 0 Å². The largest absolute Gasteiger partial charge is 0.337 e. The molecule has 2 rings (SSSR count). The third-order valence-electron chi connectivity index (χ3n) is 2.36. The summed E-state index contributed by atoms with van der Waals surface area (Å²) in [4.78, 5) is 8.50. The fourth-order valence-electron chi connectivity index (χ4n) is 1.40. The van der Waals surface area contributed by atoms with E-state index in [1.807, 2.05) is 18.4 Å². The standard InChI is InChI=1S/C11H13BrN4OS/c1-18-6-4-8(13)11-15-10(16-17-11)9-7(12)3-2-5-14-9/h2-3,5,8H,4,6,13H2,1H3/t8-/m0/s1. The quantitative estimate of drug-likeness (QED) is 0.909. The Labute approximate surface area is 118 Å². The lowest BCUT2D eigenvalue weighted by atomic mass is 10.2. The van der Waals surface area contributed by atoms with E-state index in [1.54, 1.807) is 18.0 Å². The molecular weight excluding hydrogens is 316 g/mol. The van der Waals surface area contributed by atoms with Gasteiger partial charge in [-0.3, -0.25) is 4.98 Å². The van der Waals surface area contributed by atoms with Crippen molar-refractivity contribution in [1.82, 2.24) is 15.1 Å². The molecule has 0 saturated heterocycles. The third kappa shape index (κ3) is 3.09. The summed E-state index contributed by atoms with van der Waals surface area (Å²) in [5, 5.41) is 3.91. The average molecular weight is 329 g/mol. The lowest BCUT2D eigenvalue weighted by molar-refractivity contribution is 0.353. The topological polar surface area (TPSA) is 77.8 Å². The van der Waals surface area contributed by atoms with Gasteiger partial charge in [0.25, 0.3) is 0 Å². The van der Waals surface area contributed by atoms with E-state index in [2.05, 4.69) is 31.1 Å². The van der Waals surface area contributed by atoms with Crippen LogP contribution in [0.25, 0.3) is 11.5 Å². The van der Waals surface area contributed by atoms with Gasteiger partial charge in [-0.25, -0.2) is 0 Å². The summed E-state index contributed by atoms with van der Waals surface area (Å²) >= 11 is 5.14. The fourth-order valence-corrected chi connectivity index (χ4v) is 2.32. The minimum absolute atomic E-state index is 0.221. The minimum atomic E-state index is -0.221. The van der Waals surface area contributed by atoms with Crippen molar-refractivity contribution in [2.24, 2.45) is 5.73 Å². The average Bonchev–Trinajstić information content (AvgIpc) is 2.86. The van der Waals surface area contributed by atoms with E-state index in [0.717, 1.165) is 16.6 Å². The number of pyridine rings is 1. The molecule has 0 spiro atoms. The molecule has 0 aliphatic carbocycles. The first-order valence-electron chi connectivity index (χ1n) is 5.41. The molecule has 96 valence electrons. The van der Waals surface area contributed by atoms with E-state index in [1.165, 1.54) is 0 Å². The van der Waals surface area contributed by atoms with Crippen LogP contribution >= 0.6 is 27.7 Å². The molecule has 2 aromatic rings. The molecule has 7 heteroatoms. The molecule has 2 aromatic heterocycles. The summed E-state index contributed by atoms with van der Waals surface area (Å²) in [6.07, 6.45) is 4.53. The molecule has 2 heterocycles. The number of hydrogen-bond donors (Lipinski definition) is 1. The molecule has 1 atom stereocenters. The summed E-state index contributed by atoms with van der Waals surface area (Å²) in [5.41, 5.74) is 6.63. The van der Waals surface area contributed by atoms with Crippen molar-refractivity contribution in [1.29, 1.82) is 0 Å². The smallest absolute Gasteiger partial charge is 0.243 e. The van der Waals surface area contributed by atoms with Gasteiger partial charge in [-0.15, -0.1) is 0 Å². The fraction of sp³-hybridized carbons (Fsp3) is 0.364. The zero-order valence-electron chi connectivity index (χ0n) is 9.84. The van der Waals surface area contributed by atoms with Gasteiger partial charge in [-0.2, -0.15) is 16.7 Å². The lowest BCUT2D eigenvalue weighted by Crippen LogP contribution is -2.11. The van der Waals surface area contributed by atoms with E-state index in [0.29, 0.717) is 17.4 Å². The van der Waals surface area contributed by atoms with Crippen molar-refractivity contribution in [3.05, 3.63) is 28.7 Å². The molecule has 0 aromatic carbocycles. The molecule has 0 bridgehead atoms. The molecule has 0 amide bonds. The van der Waals surface area contributed by atoms with Crippen LogP contribution in [0.2, 0.25) is 0 Å². The van der Waals surface area contributed by atoms with Crippen LogP contribution in [0.1, 0.15) is 18.4 Å². The molecule has 5 nitrogen and oxygen atoms in total. The first-order chi connectivity index (χ1) is 8.72. The number of nitrogens with two attached hydrogens (primary N) is 1. The Morgan fingerprint density at radius 3 is 3.11 bits per heavy atom. The Balaban J connectivity index is 2.18. The van der Waals surface area contributed by atoms with E-state index < -0.39 is 0 Å². The second kappa shape index (κ2) is 6.31. The Morgan fingerprint density at radius 2 is 2.39 bits per heavy atom. The highest BCUT2D eigenvalue weighted by atomic mass is 79.9. The Bertz CT molecular complexity index is 519. The summed E-state index contributed by atoms with van der Waals surface area (Å²) in [6, 6.07) is 3.49. The molecule has 0 aliphatic rings. The number of aromatic nitrogens is 3. The zero-order chi connectivity index (χ0) is 13.0. The second-order valence-electron chi connectivity index (χ2n) is 3.68. The number of hydrogen-bond acceptors (Lipinski definition) is 6. The minimum Gasteiger partial charge on any atom is -0.337 e. The van der Waals surface area contributed by atoms with Gasteiger partial charge in [0, 0.05) is 10.7 Å². The van der Waals surface area contributed by atoms with Gasteiger partial charge in [-0.1, -0.05) is 5.16 Å². The van der Waals surface area contributed by atoms with Crippen molar-refractivity contribution in [2.45, 2.75) is 12.5 Å². The van der Waals surface area contributed by atoms with Crippen molar-refractivity contribution in [2.75, 3.05) is 12.0 Å². The van der Waals surface area contributed by atoms with Gasteiger partial charge >= 0.3 is 0 Å². The maximum absolute atomic E-state index is 5.97. The number of rotatable bonds is 5. The number of nitrogens with zero attached hydrogens (tertiary/aromatic N) is 3. The van der Waals surface area contributed by atoms with E-state index in [4.69, 9.17) is 10.3 Å². The van der Waals surface area contributed by atoms with Crippen LogP contribution in [-0.4, -0.2) is 27.1 Å². The highest BCUT2D eigenvalue weighted by Crippen LogP contribution is 2.24. The van der Waals surface area contributed by atoms with Crippen LogP contribution in [0.4, 0.5) is 0 Å². The molecule has 18 heavy (non-hydrogen) atoms. The van der Waals surface area contributed by atoms with E-state index in [-0.39, 0.29) is 6.04 Å². The van der Waals surface area contributed by atoms with Gasteiger partial charge in [0.2, 0.25) is 11.7 Å². The van der Waals surface area contributed by atoms with Crippen LogP contribution in [0.15, 0.2) is 27.3 Å². The van der Waals surface area contributed by atoms with Crippen molar-refractivity contribution < 1.29 is 4.52 Å². The number of thioether (sulfide) groups is 1. The first kappa shape index (κ1) is 13.5. The maximum atomic E-state index is 5.97. The molecule has 0 radical (unpaired) electrons. The Morgan fingerprint density at radius 1 is 1.56 bits per heavy atom. The van der Waals surface area contributed by atoms with Gasteiger partial charge < -0.3 is 10.3 Å². The van der Waals surface area contributed by atoms with E-state index >= 15 is 0 Å². The van der Waals surface area contributed by atoms with Crippen LogP contribution in [0.3, 0.4) is 0 Å². The lowest BCUT2D eigenvalue weighted by Gasteiger charge is -2.03. The first-order valence-corrected chi connectivity index (χ1v) is 7.60. The molecule has 0 unspecified atom stereocenters. The van der Waals surface area contributed by atoms with Gasteiger partial charge in [-0.05, 0) is 46.5 Å². The summed E-state index contributed by atoms with van der Waals surface area (Å²) in [5.74, 6) is 1.88. The van der Waals surface area contributed by atoms with Crippen LogP contribution in [-0.2, 0) is 0 Å². The Kier molecular flexibility index (Phi) is 4.73. The maximum Gasteiger partial charge on any atom is 0.243 e. The summed E-state index contributed by atoms with van der Waals surface area (Å²) in [6.45, 7) is 0. The highest BCUT2D eigenvalue weighted by molar-refractivity contribution is 9.10. The summed E-state index contributed by atoms with van der Waals surface area (Å²) < 4.78 is 6.01. The van der Waals surface area contributed by atoms with Gasteiger partial charge in [0.1, 0.15) is 5.69 Å². The van der Waals surface area contributed by atoms with Crippen LogP contribution in [0, 0.1) is 0 Å². The zero-order valence-corrected chi connectivity index (χ0v) is 12.2. The normalized spacial score (nSPS) is 12.6. The van der Waals surface area contributed by atoms with Crippen molar-refractivity contribution >= 4 is 27.7 Å². The second-order valence-corrected chi connectivity index (χ2v) is 5.52. The molecule has 0 fully saturated rings. The van der Waals surface area contributed by atoms with Crippen molar-refractivity contribution in [3.8, 4) is 11.5 Å². The third-order valence-corrected chi connectivity index (χ3v) is 3.65.